The molecule has 13 heteroatoms. The highest BCUT2D eigenvalue weighted by Crippen LogP contribution is 2.61. The molecule has 0 saturated heterocycles. The minimum Gasteiger partial charge on any atom is -0.459 e. The van der Waals surface area contributed by atoms with Gasteiger partial charge in [0.1, 0.15) is 30.8 Å². The number of carbonyl (C=O) groups excluding carboxylic acids is 2. The summed E-state index contributed by atoms with van der Waals surface area (Å²) >= 11 is 5.92. The number of nitrogens with zero attached hydrogens (tertiary/aromatic N) is 2. The third-order valence-electron chi connectivity index (χ3n) is 12.0. The highest BCUT2D eigenvalue weighted by molar-refractivity contribution is 6.18. The summed E-state index contributed by atoms with van der Waals surface area (Å²) in [6.45, 7) is 9.32. The summed E-state index contributed by atoms with van der Waals surface area (Å²) in [6.07, 6.45) is 19.8. The molecule has 3 aliphatic rings. The summed E-state index contributed by atoms with van der Waals surface area (Å²) in [5, 5.41) is 27.2. The van der Waals surface area contributed by atoms with E-state index in [0.717, 1.165) is 56.1 Å². The van der Waals surface area contributed by atoms with Crippen LogP contribution in [0.1, 0.15) is 134 Å². The van der Waals surface area contributed by atoms with Crippen LogP contribution < -0.4 is 14.8 Å². The minimum absolute atomic E-state index is 0.0318. The number of rotatable bonds is 28. The van der Waals surface area contributed by atoms with Gasteiger partial charge in [-0.05, 0) is 74.6 Å². The SMILES string of the molecule is C=CCO[C@@]12Oc3ccc(OC(=O)NCCCCCCCCCCCC)cc3[C@H]3[C@H](CCCCO)[C@@H](CCCCO)C=C(C(=NOCC)C[C@@H]1N(C)C(=O)OCCCl)[C@H]32. The van der Waals surface area contributed by atoms with Gasteiger partial charge in [-0.2, -0.15) is 0 Å². The Morgan fingerprint density at radius 1 is 1.00 bits per heavy atom. The third-order valence-corrected chi connectivity index (χ3v) is 12.2. The summed E-state index contributed by atoms with van der Waals surface area (Å²) in [7, 11) is 1.67. The smallest absolute Gasteiger partial charge is 0.412 e. The van der Waals surface area contributed by atoms with Crippen LogP contribution in [-0.4, -0.2) is 97.3 Å². The van der Waals surface area contributed by atoms with Crippen molar-refractivity contribution < 1.29 is 43.6 Å². The standard InChI is InChI=1S/C46H72ClN3O9/c1-5-8-9-10-11-12-13-14-15-18-26-48-44(53)58-35-23-24-40-38(32-35)42-36(22-17-20-28-52)34(21-16-19-27-51)31-37-39(49-57-7-3)33-41(50(4)45(54)55-30-25-47)46(59-40,43(37)42)56-29-6-2/h6,23-24,31-32,34,36,41-43,51-52H,2,5,7-22,25-30,33H2,1,3-4H3,(H,48,53)/t34-,36+,41-,42+,43+,46+/m0/s1. The first-order chi connectivity index (χ1) is 28.8. The van der Waals surface area contributed by atoms with Gasteiger partial charge in [-0.15, -0.1) is 18.2 Å². The van der Waals surface area contributed by atoms with E-state index in [1.54, 1.807) is 19.2 Å². The predicted molar refractivity (Wildman–Crippen MR) is 232 cm³/mol. The fourth-order valence-corrected chi connectivity index (χ4v) is 9.31. The van der Waals surface area contributed by atoms with Gasteiger partial charge in [0.25, 0.3) is 0 Å². The number of allylic oxidation sites excluding steroid dienone is 1. The number of fused-ring (bicyclic) bond motifs is 2. The summed E-state index contributed by atoms with van der Waals surface area (Å²) in [4.78, 5) is 34.0. The van der Waals surface area contributed by atoms with Crippen LogP contribution in [0.25, 0.3) is 0 Å². The van der Waals surface area contributed by atoms with E-state index >= 15 is 0 Å². The average Bonchev–Trinajstić information content (AvgIpc) is 3.24. The first kappa shape index (κ1) is 48.3. The Labute approximate surface area is 358 Å². The largest absolute Gasteiger partial charge is 0.459 e. The van der Waals surface area contributed by atoms with Crippen molar-refractivity contribution in [1.82, 2.24) is 10.2 Å². The summed E-state index contributed by atoms with van der Waals surface area (Å²) < 4.78 is 25.4. The molecule has 1 fully saturated rings. The molecule has 1 heterocycles. The zero-order chi connectivity index (χ0) is 42.5. The Kier molecular flexibility index (Phi) is 21.4. The molecule has 0 radical (unpaired) electrons. The Morgan fingerprint density at radius 2 is 1.69 bits per heavy atom. The normalized spacial score (nSPS) is 23.7. The highest BCUT2D eigenvalue weighted by atomic mass is 35.5. The highest BCUT2D eigenvalue weighted by Gasteiger charge is 2.65. The second-order valence-electron chi connectivity index (χ2n) is 16.1. The van der Waals surface area contributed by atoms with Crippen LogP contribution in [0.5, 0.6) is 11.5 Å². The Morgan fingerprint density at radius 3 is 2.36 bits per heavy atom. The van der Waals surface area contributed by atoms with Crippen LogP contribution in [0.2, 0.25) is 0 Å². The van der Waals surface area contributed by atoms with Crippen molar-refractivity contribution in [3.05, 3.63) is 48.1 Å². The molecule has 0 bridgehead atoms. The number of likely N-dealkylation sites (N-methyl/N-ethyl adjacent to an activating group) is 1. The molecule has 2 aliphatic carbocycles. The number of ether oxygens (including phenoxy) is 4. The van der Waals surface area contributed by atoms with E-state index in [1.165, 1.54) is 49.8 Å². The number of oxime groups is 1. The van der Waals surface area contributed by atoms with Crippen LogP contribution in [0.3, 0.4) is 0 Å². The first-order valence-electron chi connectivity index (χ1n) is 22.4. The molecular weight excluding hydrogens is 774 g/mol. The maximum Gasteiger partial charge on any atom is 0.412 e. The molecule has 2 amide bonds. The number of halogens is 1. The van der Waals surface area contributed by atoms with Gasteiger partial charge in [-0.1, -0.05) is 94.9 Å². The molecule has 1 aliphatic heterocycles. The number of aliphatic hydroxyl groups excluding tert-OH is 2. The molecule has 4 rings (SSSR count). The molecular formula is C46H72ClN3O9. The van der Waals surface area contributed by atoms with Crippen molar-refractivity contribution in [3.63, 3.8) is 0 Å². The lowest BCUT2D eigenvalue weighted by Gasteiger charge is -2.59. The molecule has 12 nitrogen and oxygen atoms in total. The quantitative estimate of drug-likeness (QED) is 0.0325. The third kappa shape index (κ3) is 13.3. The van der Waals surface area contributed by atoms with Crippen molar-refractivity contribution in [2.24, 2.45) is 22.9 Å². The topological polar surface area (TPSA) is 148 Å². The van der Waals surface area contributed by atoms with Crippen LogP contribution >= 0.6 is 11.6 Å². The van der Waals surface area contributed by atoms with Gasteiger partial charge >= 0.3 is 12.2 Å². The zero-order valence-corrected chi connectivity index (χ0v) is 36.7. The number of unbranched alkanes of at least 4 members (excludes halogenated alkanes) is 11. The predicted octanol–water partition coefficient (Wildman–Crippen LogP) is 9.66. The Hall–Kier alpha value is -3.32. The number of alkyl halides is 1. The van der Waals surface area contributed by atoms with Gasteiger partial charge in [0, 0.05) is 44.7 Å². The van der Waals surface area contributed by atoms with Gasteiger partial charge in [0.15, 0.2) is 0 Å². The fraction of sp³-hybridized carbons (Fsp3) is 0.717. The number of hydrogen-bond donors (Lipinski definition) is 3. The van der Waals surface area contributed by atoms with Crippen LogP contribution in [0, 0.1) is 17.8 Å². The maximum absolute atomic E-state index is 13.6. The lowest BCUT2D eigenvalue weighted by molar-refractivity contribution is -0.253. The lowest BCUT2D eigenvalue weighted by Crippen LogP contribution is -2.69. The van der Waals surface area contributed by atoms with Crippen molar-refractivity contribution in [3.8, 4) is 11.5 Å². The van der Waals surface area contributed by atoms with Crippen molar-refractivity contribution >= 4 is 29.5 Å². The molecule has 1 aromatic rings. The second-order valence-corrected chi connectivity index (χ2v) is 16.5. The summed E-state index contributed by atoms with van der Waals surface area (Å²) in [5.74, 6) is -0.924. The minimum atomic E-state index is -1.41. The number of carbonyl (C=O) groups is 2. The van der Waals surface area contributed by atoms with Crippen LogP contribution in [-0.2, 0) is 14.3 Å². The molecule has 6 atom stereocenters. The number of nitrogens with one attached hydrogen (secondary N) is 1. The molecule has 1 aromatic carbocycles. The van der Waals surface area contributed by atoms with Crippen LogP contribution in [0.15, 0.2) is 47.7 Å². The fourth-order valence-electron chi connectivity index (χ4n) is 9.23. The summed E-state index contributed by atoms with van der Waals surface area (Å²) in [6, 6.07) is 4.76. The number of benzene rings is 1. The van der Waals surface area contributed by atoms with E-state index in [0.29, 0.717) is 43.2 Å². The van der Waals surface area contributed by atoms with Crippen LogP contribution in [0.4, 0.5) is 9.59 Å². The van der Waals surface area contributed by atoms with E-state index in [1.807, 2.05) is 19.1 Å². The lowest BCUT2D eigenvalue weighted by atomic mass is 9.55. The van der Waals surface area contributed by atoms with E-state index < -0.39 is 29.9 Å². The zero-order valence-electron chi connectivity index (χ0n) is 36.0. The monoisotopic (exact) mass is 845 g/mol. The van der Waals surface area contributed by atoms with Crippen molar-refractivity contribution in [2.45, 2.75) is 141 Å². The molecule has 0 spiro atoms. The molecule has 332 valence electrons. The number of amides is 2. The van der Waals surface area contributed by atoms with E-state index in [9.17, 15) is 19.8 Å². The van der Waals surface area contributed by atoms with E-state index in [-0.39, 0.29) is 56.5 Å². The second kappa shape index (κ2) is 26.1. The van der Waals surface area contributed by atoms with E-state index in [4.69, 9.17) is 35.4 Å². The Bertz CT molecular complexity index is 1510. The number of aliphatic hydroxyl groups is 2. The molecule has 1 saturated carbocycles. The molecule has 3 N–H and O–H groups in total. The van der Waals surface area contributed by atoms with Gasteiger partial charge in [-0.3, -0.25) is 0 Å². The molecule has 59 heavy (non-hydrogen) atoms. The van der Waals surface area contributed by atoms with Gasteiger partial charge < -0.3 is 44.2 Å². The van der Waals surface area contributed by atoms with Crippen molar-refractivity contribution in [1.29, 1.82) is 0 Å². The molecule has 0 aromatic heterocycles. The van der Waals surface area contributed by atoms with Gasteiger partial charge in [0.2, 0.25) is 5.79 Å². The first-order valence-corrected chi connectivity index (χ1v) is 22.9. The average molecular weight is 847 g/mol. The molecule has 0 unspecified atom stereocenters. The van der Waals surface area contributed by atoms with E-state index in [2.05, 4.69) is 30.1 Å². The van der Waals surface area contributed by atoms with Gasteiger partial charge in [0.05, 0.1) is 24.1 Å². The van der Waals surface area contributed by atoms with Gasteiger partial charge in [-0.25, -0.2) is 9.59 Å². The summed E-state index contributed by atoms with van der Waals surface area (Å²) in [5.41, 5.74) is 2.47. The maximum atomic E-state index is 13.6. The number of hydrogen-bond acceptors (Lipinski definition) is 10. The van der Waals surface area contributed by atoms with Crippen molar-refractivity contribution in [2.75, 3.05) is 52.5 Å². The Balaban J connectivity index is 1.71.